The third kappa shape index (κ3) is 3.89. The number of piperazine rings is 1. The van der Waals surface area contributed by atoms with Gasteiger partial charge in [0.05, 0.1) is 6.26 Å². The van der Waals surface area contributed by atoms with E-state index in [0.29, 0.717) is 24.0 Å². The second-order valence-electron chi connectivity index (χ2n) is 8.21. The van der Waals surface area contributed by atoms with Crippen molar-refractivity contribution in [1.29, 1.82) is 0 Å². The summed E-state index contributed by atoms with van der Waals surface area (Å²) in [6, 6.07) is 11.1. The van der Waals surface area contributed by atoms with Crippen LogP contribution in [0.5, 0.6) is 0 Å². The Kier molecular flexibility index (Phi) is 5.59. The lowest BCUT2D eigenvalue weighted by atomic mass is 10.0. The smallest absolute Gasteiger partial charge is 0.173 e. The predicted molar refractivity (Wildman–Crippen MR) is 109 cm³/mol. The number of furan rings is 1. The van der Waals surface area contributed by atoms with Gasteiger partial charge in [-0.2, -0.15) is 0 Å². The highest BCUT2D eigenvalue weighted by Crippen LogP contribution is 2.32. The van der Waals surface area contributed by atoms with Crippen LogP contribution in [0.3, 0.4) is 0 Å². The fourth-order valence-electron chi connectivity index (χ4n) is 4.90. The van der Waals surface area contributed by atoms with E-state index < -0.39 is 0 Å². The van der Waals surface area contributed by atoms with Crippen molar-refractivity contribution in [3.8, 4) is 0 Å². The average Bonchev–Trinajstić information content (AvgIpc) is 3.54. The van der Waals surface area contributed by atoms with E-state index in [1.807, 2.05) is 24.3 Å². The Morgan fingerprint density at radius 1 is 1.03 bits per heavy atom. The highest BCUT2D eigenvalue weighted by molar-refractivity contribution is 5.27. The number of nitrogens with zero attached hydrogens (tertiary/aromatic N) is 6. The molecule has 1 saturated heterocycles. The van der Waals surface area contributed by atoms with E-state index in [1.54, 1.807) is 17.0 Å². The molecule has 1 aliphatic carbocycles. The molecule has 1 atom stereocenters. The molecule has 2 aliphatic rings. The van der Waals surface area contributed by atoms with Crippen LogP contribution in [-0.2, 0) is 6.54 Å². The van der Waals surface area contributed by atoms with Crippen molar-refractivity contribution in [2.24, 2.45) is 0 Å². The standard InChI is InChI=1S/C22H27FN6O/c23-20-10-4-3-9-19(20)21(22-24-25-26-29(22)16-18-8-5-15-30-18)28-13-11-27(12-14-28)17-6-1-2-7-17/h3-5,8-10,15,17,21H,1-2,6-7,11-14,16H2/t21-/m1/s1. The summed E-state index contributed by atoms with van der Waals surface area (Å²) < 4.78 is 22.1. The minimum atomic E-state index is -0.332. The van der Waals surface area contributed by atoms with Gasteiger partial charge in [-0.3, -0.25) is 9.80 Å². The Hall–Kier alpha value is -2.58. The first-order valence-electron chi connectivity index (χ1n) is 10.8. The van der Waals surface area contributed by atoms with Gasteiger partial charge in [-0.05, 0) is 41.5 Å². The summed E-state index contributed by atoms with van der Waals surface area (Å²) in [6.45, 7) is 4.14. The molecule has 3 heterocycles. The SMILES string of the molecule is Fc1ccccc1[C@H](c1nnnn1Cc1ccco1)N1CCN(C2CCCC2)CC1. The minimum Gasteiger partial charge on any atom is -0.467 e. The van der Waals surface area contributed by atoms with E-state index >= 15 is 0 Å². The van der Waals surface area contributed by atoms with Crippen LogP contribution in [0.15, 0.2) is 47.1 Å². The topological polar surface area (TPSA) is 63.2 Å². The van der Waals surface area contributed by atoms with E-state index in [4.69, 9.17) is 4.42 Å². The Morgan fingerprint density at radius 2 is 1.83 bits per heavy atom. The molecule has 1 saturated carbocycles. The second-order valence-corrected chi connectivity index (χ2v) is 8.21. The number of rotatable bonds is 6. The van der Waals surface area contributed by atoms with Gasteiger partial charge in [0.15, 0.2) is 5.82 Å². The molecule has 0 radical (unpaired) electrons. The zero-order valence-electron chi connectivity index (χ0n) is 17.0. The van der Waals surface area contributed by atoms with Crippen LogP contribution in [0.2, 0.25) is 0 Å². The van der Waals surface area contributed by atoms with Crippen molar-refractivity contribution in [3.05, 3.63) is 65.6 Å². The summed E-state index contributed by atoms with van der Waals surface area (Å²) in [4.78, 5) is 4.92. The molecule has 0 amide bonds. The average molecular weight is 410 g/mol. The number of tetrazole rings is 1. The molecule has 0 bridgehead atoms. The van der Waals surface area contributed by atoms with Gasteiger partial charge >= 0.3 is 0 Å². The Labute approximate surface area is 175 Å². The van der Waals surface area contributed by atoms with Crippen LogP contribution < -0.4 is 0 Å². The molecule has 2 fully saturated rings. The van der Waals surface area contributed by atoms with Gasteiger partial charge in [0.2, 0.25) is 0 Å². The molecule has 0 spiro atoms. The second kappa shape index (κ2) is 8.65. The van der Waals surface area contributed by atoms with Gasteiger partial charge in [0.1, 0.15) is 24.2 Å². The molecule has 0 unspecified atom stereocenters. The maximum absolute atomic E-state index is 14.9. The maximum Gasteiger partial charge on any atom is 0.173 e. The van der Waals surface area contributed by atoms with Crippen LogP contribution in [0, 0.1) is 5.82 Å². The Bertz CT molecular complexity index is 944. The number of hydrogen-bond donors (Lipinski definition) is 0. The molecule has 5 rings (SSSR count). The highest BCUT2D eigenvalue weighted by atomic mass is 19.1. The molecule has 2 aromatic heterocycles. The number of benzene rings is 1. The summed E-state index contributed by atoms with van der Waals surface area (Å²) in [6.07, 6.45) is 6.92. The fourth-order valence-corrected chi connectivity index (χ4v) is 4.90. The molecule has 158 valence electrons. The van der Waals surface area contributed by atoms with Gasteiger partial charge in [-0.25, -0.2) is 9.07 Å². The molecular formula is C22H27FN6O. The number of hydrogen-bond acceptors (Lipinski definition) is 6. The van der Waals surface area contributed by atoms with Gasteiger partial charge in [0.25, 0.3) is 0 Å². The monoisotopic (exact) mass is 410 g/mol. The maximum atomic E-state index is 14.9. The van der Waals surface area contributed by atoms with Gasteiger partial charge < -0.3 is 4.42 Å². The molecule has 7 nitrogen and oxygen atoms in total. The van der Waals surface area contributed by atoms with Crippen molar-refractivity contribution in [1.82, 2.24) is 30.0 Å². The van der Waals surface area contributed by atoms with Crippen LogP contribution in [0.4, 0.5) is 4.39 Å². The van der Waals surface area contributed by atoms with E-state index in [9.17, 15) is 4.39 Å². The molecule has 1 aliphatic heterocycles. The lowest BCUT2D eigenvalue weighted by Gasteiger charge is -2.41. The van der Waals surface area contributed by atoms with Crippen LogP contribution in [0.1, 0.15) is 48.9 Å². The molecule has 0 N–H and O–H groups in total. The fraction of sp³-hybridized carbons (Fsp3) is 0.500. The van der Waals surface area contributed by atoms with Crippen LogP contribution in [0.25, 0.3) is 0 Å². The molecule has 8 heteroatoms. The zero-order chi connectivity index (χ0) is 20.3. The summed E-state index contributed by atoms with van der Waals surface area (Å²) in [5.41, 5.74) is 0.613. The van der Waals surface area contributed by atoms with Crippen molar-refractivity contribution in [2.45, 2.75) is 44.3 Å². The summed E-state index contributed by atoms with van der Waals surface area (Å²) in [5, 5.41) is 12.4. The van der Waals surface area contributed by atoms with E-state index in [-0.39, 0.29) is 11.9 Å². The van der Waals surface area contributed by atoms with Crippen molar-refractivity contribution in [2.75, 3.05) is 26.2 Å². The Balaban J connectivity index is 1.43. The zero-order valence-corrected chi connectivity index (χ0v) is 17.0. The van der Waals surface area contributed by atoms with E-state index in [2.05, 4.69) is 25.3 Å². The summed E-state index contributed by atoms with van der Waals surface area (Å²) in [5.74, 6) is 1.18. The molecular weight excluding hydrogens is 383 g/mol. The first-order valence-corrected chi connectivity index (χ1v) is 10.8. The third-order valence-corrected chi connectivity index (χ3v) is 6.44. The summed E-state index contributed by atoms with van der Waals surface area (Å²) in [7, 11) is 0. The number of aromatic nitrogens is 4. The Morgan fingerprint density at radius 3 is 2.57 bits per heavy atom. The predicted octanol–water partition coefficient (Wildman–Crippen LogP) is 3.10. The van der Waals surface area contributed by atoms with Gasteiger partial charge in [0, 0.05) is 37.8 Å². The van der Waals surface area contributed by atoms with Crippen molar-refractivity contribution < 1.29 is 8.81 Å². The lowest BCUT2D eigenvalue weighted by molar-refractivity contribution is 0.0761. The normalized spacial score (nSPS) is 20.0. The molecule has 3 aromatic rings. The molecule has 30 heavy (non-hydrogen) atoms. The van der Waals surface area contributed by atoms with E-state index in [0.717, 1.165) is 31.9 Å². The summed E-state index contributed by atoms with van der Waals surface area (Å²) >= 11 is 0. The van der Waals surface area contributed by atoms with E-state index in [1.165, 1.54) is 31.7 Å². The van der Waals surface area contributed by atoms with Crippen molar-refractivity contribution >= 4 is 0 Å². The lowest BCUT2D eigenvalue weighted by Crippen LogP contribution is -2.51. The van der Waals surface area contributed by atoms with Gasteiger partial charge in [-0.15, -0.1) is 5.10 Å². The molecule has 1 aromatic carbocycles. The third-order valence-electron chi connectivity index (χ3n) is 6.44. The van der Waals surface area contributed by atoms with Crippen molar-refractivity contribution in [3.63, 3.8) is 0 Å². The quantitative estimate of drug-likeness (QED) is 0.622. The first-order chi connectivity index (χ1) is 14.8. The minimum absolute atomic E-state index is 0.228. The largest absolute Gasteiger partial charge is 0.467 e. The number of halogens is 1. The highest BCUT2D eigenvalue weighted by Gasteiger charge is 2.34. The first kappa shape index (κ1) is 19.4. The van der Waals surface area contributed by atoms with Crippen LogP contribution in [-0.4, -0.2) is 62.2 Å². The van der Waals surface area contributed by atoms with Crippen LogP contribution >= 0.6 is 0 Å². The van der Waals surface area contributed by atoms with Gasteiger partial charge in [-0.1, -0.05) is 31.0 Å².